The highest BCUT2D eigenvalue weighted by atomic mass is 79.9. The third-order valence-electron chi connectivity index (χ3n) is 6.75. The number of hydrogen-bond donors (Lipinski definition) is 0. The average molecular weight is 547 g/mol. The number of fused-ring (bicyclic) bond motifs is 7. The van der Waals surface area contributed by atoms with Gasteiger partial charge in [-0.05, 0) is 44.8 Å². The van der Waals surface area contributed by atoms with Crippen LogP contribution in [0.1, 0.15) is 0 Å². The first-order valence-corrected chi connectivity index (χ1v) is 15.0. The second-order valence-corrected chi connectivity index (χ2v) is 11.4. The Morgan fingerprint density at radius 3 is 1.31 bits per heavy atom. The van der Waals surface area contributed by atoms with Crippen molar-refractivity contribution in [1.82, 2.24) is 0 Å². The first kappa shape index (κ1) is 21.5. The van der Waals surface area contributed by atoms with Crippen LogP contribution in [0.5, 0.6) is 0 Å². The molecule has 0 fully saturated rings. The number of hydrogen-bond acceptors (Lipinski definition) is 2. The summed E-state index contributed by atoms with van der Waals surface area (Å²) in [6, 6.07) is 42.4. The standard InChI is InChI=1S/C32H20BrO2P/c33-36-34-31-27(21-11-3-1-4-12-21)19-23-15-7-9-17-25(23)29(31)30-26-18-10-8-16-24(26)20-28(32(30)35-36)22-13-5-2-6-14-22/h1-20H. The van der Waals surface area contributed by atoms with E-state index in [1.807, 2.05) is 12.1 Å². The van der Waals surface area contributed by atoms with E-state index in [0.29, 0.717) is 0 Å². The monoisotopic (exact) mass is 546 g/mol. The van der Waals surface area contributed by atoms with E-state index in [1.54, 1.807) is 0 Å². The van der Waals surface area contributed by atoms with Crippen LogP contribution in [0.3, 0.4) is 0 Å². The molecule has 1 heterocycles. The molecule has 172 valence electrons. The van der Waals surface area contributed by atoms with Gasteiger partial charge in [-0.1, -0.05) is 109 Å². The van der Waals surface area contributed by atoms with Crippen LogP contribution >= 0.6 is 22.2 Å². The van der Waals surface area contributed by atoms with Gasteiger partial charge in [-0.2, -0.15) is 0 Å². The van der Waals surface area contributed by atoms with Gasteiger partial charge in [0.1, 0.15) is 0 Å². The second-order valence-electron chi connectivity index (χ2n) is 8.83. The molecule has 0 spiro atoms. The van der Waals surface area contributed by atoms with Gasteiger partial charge in [0.15, 0.2) is 11.2 Å². The van der Waals surface area contributed by atoms with E-state index in [0.717, 1.165) is 55.0 Å². The molecule has 0 aliphatic rings. The Labute approximate surface area is 217 Å². The van der Waals surface area contributed by atoms with E-state index >= 15 is 0 Å². The third-order valence-corrected chi connectivity index (χ3v) is 8.27. The van der Waals surface area contributed by atoms with Crippen molar-refractivity contribution in [3.05, 3.63) is 121 Å². The topological polar surface area (TPSA) is 26.3 Å². The summed E-state index contributed by atoms with van der Waals surface area (Å²) in [6.45, 7) is -1.40. The molecule has 4 heteroatoms. The van der Waals surface area contributed by atoms with E-state index in [1.165, 1.54) is 10.8 Å². The van der Waals surface area contributed by atoms with Crippen LogP contribution < -0.4 is 0 Å². The quantitative estimate of drug-likeness (QED) is 0.215. The molecule has 0 aliphatic heterocycles. The van der Waals surface area contributed by atoms with Crippen molar-refractivity contribution in [1.29, 1.82) is 0 Å². The van der Waals surface area contributed by atoms with Gasteiger partial charge in [-0.25, -0.2) is 0 Å². The zero-order valence-corrected chi connectivity index (χ0v) is 21.7. The van der Waals surface area contributed by atoms with Crippen LogP contribution in [0.15, 0.2) is 130 Å². The maximum absolute atomic E-state index is 6.63. The van der Waals surface area contributed by atoms with E-state index in [-0.39, 0.29) is 0 Å². The van der Waals surface area contributed by atoms with E-state index in [4.69, 9.17) is 8.39 Å². The summed E-state index contributed by atoms with van der Waals surface area (Å²) in [5, 5.41) is 6.76. The van der Waals surface area contributed by atoms with Crippen molar-refractivity contribution >= 4 is 65.7 Å². The number of halogens is 1. The van der Waals surface area contributed by atoms with Gasteiger partial charge in [0.25, 0.3) is 6.72 Å². The zero-order valence-electron chi connectivity index (χ0n) is 19.2. The molecule has 0 saturated heterocycles. The molecule has 7 rings (SSSR count). The average Bonchev–Trinajstić information content (AvgIpc) is 3.09. The van der Waals surface area contributed by atoms with Gasteiger partial charge in [0.05, 0.1) is 15.5 Å². The van der Waals surface area contributed by atoms with Crippen molar-refractivity contribution in [2.24, 2.45) is 0 Å². The molecule has 2 nitrogen and oxygen atoms in total. The lowest BCUT2D eigenvalue weighted by molar-refractivity contribution is 0.660. The molecule has 0 atom stereocenters. The summed E-state index contributed by atoms with van der Waals surface area (Å²) in [6.07, 6.45) is 0. The SMILES string of the molecule is Brp1oc2c(-c3ccccc3)cc3ccccc3c2c2c(o1)c(-c1ccccc1)cc1ccccc12. The predicted octanol–water partition coefficient (Wildman–Crippen LogP) is 11.1. The van der Waals surface area contributed by atoms with Crippen molar-refractivity contribution < 1.29 is 8.39 Å². The molecule has 0 saturated carbocycles. The maximum Gasteiger partial charge on any atom is 0.294 e. The summed E-state index contributed by atoms with van der Waals surface area (Å²) in [4.78, 5) is 0. The van der Waals surface area contributed by atoms with Gasteiger partial charge >= 0.3 is 0 Å². The molecule has 0 amide bonds. The predicted molar refractivity (Wildman–Crippen MR) is 157 cm³/mol. The van der Waals surface area contributed by atoms with Crippen molar-refractivity contribution in [3.8, 4) is 22.3 Å². The van der Waals surface area contributed by atoms with Crippen LogP contribution in [-0.4, -0.2) is 0 Å². The van der Waals surface area contributed by atoms with E-state index < -0.39 is 6.72 Å². The Bertz CT molecular complexity index is 1800. The van der Waals surface area contributed by atoms with Crippen LogP contribution in [0.2, 0.25) is 0 Å². The Morgan fingerprint density at radius 2 is 0.861 bits per heavy atom. The van der Waals surface area contributed by atoms with Gasteiger partial charge in [-0.15, -0.1) is 0 Å². The van der Waals surface area contributed by atoms with Gasteiger partial charge in [0.2, 0.25) is 0 Å². The fourth-order valence-corrected chi connectivity index (χ4v) is 6.74. The smallest absolute Gasteiger partial charge is 0.294 e. The fraction of sp³-hybridized carbons (Fsp3) is 0. The van der Waals surface area contributed by atoms with Crippen molar-refractivity contribution in [2.45, 2.75) is 0 Å². The molecule has 7 aromatic rings. The van der Waals surface area contributed by atoms with Crippen molar-refractivity contribution in [3.63, 3.8) is 0 Å². The summed E-state index contributed by atoms with van der Waals surface area (Å²) < 4.78 is 13.3. The molecule has 6 aromatic carbocycles. The Balaban J connectivity index is 1.83. The molecule has 0 unspecified atom stereocenters. The highest BCUT2D eigenvalue weighted by Crippen LogP contribution is 2.49. The molecule has 0 aliphatic carbocycles. The largest absolute Gasteiger partial charge is 0.411 e. The highest BCUT2D eigenvalue weighted by Gasteiger charge is 2.19. The normalized spacial score (nSPS) is 11.5. The summed E-state index contributed by atoms with van der Waals surface area (Å²) in [5.41, 5.74) is 6.03. The Kier molecular flexibility index (Phi) is 5.20. The lowest BCUT2D eigenvalue weighted by Gasteiger charge is -2.12. The molecular weight excluding hydrogens is 527 g/mol. The first-order valence-electron chi connectivity index (χ1n) is 11.8. The van der Waals surface area contributed by atoms with Gasteiger partial charge < -0.3 is 8.39 Å². The Hall–Kier alpha value is -3.78. The molecule has 36 heavy (non-hydrogen) atoms. The van der Waals surface area contributed by atoms with Gasteiger partial charge in [0, 0.05) is 21.9 Å². The molecule has 1 aromatic heterocycles. The Morgan fingerprint density at radius 1 is 0.472 bits per heavy atom. The van der Waals surface area contributed by atoms with E-state index in [9.17, 15) is 0 Å². The summed E-state index contributed by atoms with van der Waals surface area (Å²) in [5.74, 6) is 0. The lowest BCUT2D eigenvalue weighted by Crippen LogP contribution is -1.87. The van der Waals surface area contributed by atoms with Crippen LogP contribution in [0.4, 0.5) is 0 Å². The second kappa shape index (κ2) is 8.71. The minimum absolute atomic E-state index is 0.844. The zero-order chi connectivity index (χ0) is 24.1. The molecule has 0 N–H and O–H groups in total. The molecule has 0 radical (unpaired) electrons. The lowest BCUT2D eigenvalue weighted by atomic mass is 9.91. The number of benzene rings is 6. The van der Waals surface area contributed by atoms with Crippen LogP contribution in [0.25, 0.3) is 65.7 Å². The minimum atomic E-state index is -1.40. The molecular formula is C32H20BrO2P. The van der Waals surface area contributed by atoms with Gasteiger partial charge in [-0.3, -0.25) is 0 Å². The highest BCUT2D eigenvalue weighted by molar-refractivity contribution is 9.37. The maximum atomic E-state index is 6.63. The third kappa shape index (κ3) is 3.47. The summed E-state index contributed by atoms with van der Waals surface area (Å²) in [7, 11) is 0. The fourth-order valence-electron chi connectivity index (χ4n) is 5.17. The molecule has 0 bridgehead atoms. The first-order chi connectivity index (χ1) is 17.8. The minimum Gasteiger partial charge on any atom is -0.411 e. The van der Waals surface area contributed by atoms with Crippen LogP contribution in [-0.2, 0) is 0 Å². The summed E-state index contributed by atoms with van der Waals surface area (Å²) >= 11 is 3.74. The number of rotatable bonds is 2. The van der Waals surface area contributed by atoms with E-state index in [2.05, 4.69) is 125 Å². The van der Waals surface area contributed by atoms with Crippen molar-refractivity contribution in [2.75, 3.05) is 0 Å². The van der Waals surface area contributed by atoms with Crippen LogP contribution in [0, 0.1) is 0 Å².